The van der Waals surface area contributed by atoms with E-state index in [1.54, 1.807) is 0 Å². The number of hydrogen-bond acceptors (Lipinski definition) is 3. The predicted molar refractivity (Wildman–Crippen MR) is 91.8 cm³/mol. The van der Waals surface area contributed by atoms with Crippen LogP contribution in [0, 0.1) is 0 Å². The first-order valence-electron chi connectivity index (χ1n) is 7.57. The first kappa shape index (κ1) is 17.2. The summed E-state index contributed by atoms with van der Waals surface area (Å²) in [6.45, 7) is 2.85. The summed E-state index contributed by atoms with van der Waals surface area (Å²) in [6, 6.07) is 5.86. The van der Waals surface area contributed by atoms with Crippen molar-refractivity contribution in [1.29, 1.82) is 0 Å². The van der Waals surface area contributed by atoms with Crippen LogP contribution in [0.25, 0.3) is 0 Å². The quantitative estimate of drug-likeness (QED) is 0.817. The molecule has 0 radical (unpaired) electrons. The third-order valence-corrected chi connectivity index (χ3v) is 4.79. The SMILES string of the molecule is CN(CCC(N)c1ccc(Br)cc1Cl)CC1CCCCO1. The number of hydrogen-bond donors (Lipinski definition) is 1. The summed E-state index contributed by atoms with van der Waals surface area (Å²) in [4.78, 5) is 2.31. The van der Waals surface area contributed by atoms with Crippen LogP contribution in [0.2, 0.25) is 5.02 Å². The maximum atomic E-state index is 6.27. The van der Waals surface area contributed by atoms with Gasteiger partial charge in [-0.25, -0.2) is 0 Å². The molecule has 0 bridgehead atoms. The van der Waals surface area contributed by atoms with Crippen LogP contribution < -0.4 is 5.73 Å². The lowest BCUT2D eigenvalue weighted by Gasteiger charge is -2.28. The lowest BCUT2D eigenvalue weighted by atomic mass is 10.0. The Labute approximate surface area is 140 Å². The molecule has 2 N–H and O–H groups in total. The Balaban J connectivity index is 1.78. The third kappa shape index (κ3) is 5.53. The minimum Gasteiger partial charge on any atom is -0.377 e. The van der Waals surface area contributed by atoms with Gasteiger partial charge in [0.25, 0.3) is 0 Å². The molecule has 1 heterocycles. The van der Waals surface area contributed by atoms with Crippen LogP contribution in [0.1, 0.15) is 37.3 Å². The summed E-state index contributed by atoms with van der Waals surface area (Å²) in [5.41, 5.74) is 7.29. The van der Waals surface area contributed by atoms with Crippen LogP contribution in [0.15, 0.2) is 22.7 Å². The number of likely N-dealkylation sites (N-methyl/N-ethyl adjacent to an activating group) is 1. The van der Waals surface area contributed by atoms with Gasteiger partial charge in [-0.15, -0.1) is 0 Å². The monoisotopic (exact) mass is 374 g/mol. The normalized spacial score (nSPS) is 20.7. The standard InChI is InChI=1S/C16H24BrClN2O/c1-20(11-13-4-2-3-9-21-13)8-7-16(19)14-6-5-12(17)10-15(14)18/h5-6,10,13,16H,2-4,7-9,11,19H2,1H3. The zero-order chi connectivity index (χ0) is 15.2. The lowest BCUT2D eigenvalue weighted by Crippen LogP contribution is -2.34. The Kier molecular flexibility index (Phi) is 6.96. The van der Waals surface area contributed by atoms with Gasteiger partial charge in [-0.2, -0.15) is 0 Å². The first-order chi connectivity index (χ1) is 10.1. The minimum absolute atomic E-state index is 0.0275. The van der Waals surface area contributed by atoms with E-state index >= 15 is 0 Å². The maximum Gasteiger partial charge on any atom is 0.0701 e. The van der Waals surface area contributed by atoms with Gasteiger partial charge < -0.3 is 15.4 Å². The van der Waals surface area contributed by atoms with Gasteiger partial charge in [0, 0.05) is 28.7 Å². The number of rotatable bonds is 6. The van der Waals surface area contributed by atoms with Gasteiger partial charge in [0.2, 0.25) is 0 Å². The molecule has 0 saturated carbocycles. The summed E-state index contributed by atoms with van der Waals surface area (Å²) in [5, 5.41) is 0.732. The van der Waals surface area contributed by atoms with E-state index in [1.807, 2.05) is 18.2 Å². The van der Waals surface area contributed by atoms with E-state index in [-0.39, 0.29) is 6.04 Å². The molecule has 0 spiro atoms. The Bertz CT molecular complexity index is 452. The minimum atomic E-state index is -0.0275. The van der Waals surface area contributed by atoms with Gasteiger partial charge in [-0.3, -0.25) is 0 Å². The van der Waals surface area contributed by atoms with Crippen LogP contribution in [0.3, 0.4) is 0 Å². The van der Waals surface area contributed by atoms with Gasteiger partial charge in [-0.1, -0.05) is 33.6 Å². The van der Waals surface area contributed by atoms with E-state index in [9.17, 15) is 0 Å². The van der Waals surface area contributed by atoms with E-state index in [4.69, 9.17) is 22.1 Å². The van der Waals surface area contributed by atoms with E-state index in [0.717, 1.165) is 41.2 Å². The molecule has 21 heavy (non-hydrogen) atoms. The van der Waals surface area contributed by atoms with Gasteiger partial charge in [-0.05, 0) is 57.0 Å². The second-order valence-corrected chi connectivity index (χ2v) is 7.13. The van der Waals surface area contributed by atoms with Crippen LogP contribution >= 0.6 is 27.5 Å². The first-order valence-corrected chi connectivity index (χ1v) is 8.74. The average molecular weight is 376 g/mol. The fourth-order valence-electron chi connectivity index (χ4n) is 2.71. The number of nitrogens with zero attached hydrogens (tertiary/aromatic N) is 1. The Morgan fingerprint density at radius 2 is 2.29 bits per heavy atom. The van der Waals surface area contributed by atoms with Crippen molar-refractivity contribution in [3.63, 3.8) is 0 Å². The van der Waals surface area contributed by atoms with Crippen molar-refractivity contribution in [3.05, 3.63) is 33.3 Å². The molecule has 2 unspecified atom stereocenters. The Morgan fingerprint density at radius 1 is 1.48 bits per heavy atom. The molecule has 0 aliphatic carbocycles. The highest BCUT2D eigenvalue weighted by Crippen LogP contribution is 2.27. The number of benzene rings is 1. The Morgan fingerprint density at radius 3 is 2.95 bits per heavy atom. The fourth-order valence-corrected chi connectivity index (χ4v) is 3.52. The van der Waals surface area contributed by atoms with Crippen molar-refractivity contribution < 1.29 is 4.74 Å². The molecule has 1 fully saturated rings. The third-order valence-electron chi connectivity index (χ3n) is 3.97. The molecular formula is C16H24BrClN2O. The fraction of sp³-hybridized carbons (Fsp3) is 0.625. The molecule has 3 nitrogen and oxygen atoms in total. The van der Waals surface area contributed by atoms with Crippen molar-refractivity contribution >= 4 is 27.5 Å². The molecule has 1 aromatic carbocycles. The van der Waals surface area contributed by atoms with Crippen LogP contribution in [0.5, 0.6) is 0 Å². The lowest BCUT2D eigenvalue weighted by molar-refractivity contribution is -0.00175. The van der Waals surface area contributed by atoms with Gasteiger partial charge in [0.1, 0.15) is 0 Å². The number of ether oxygens (including phenoxy) is 1. The van der Waals surface area contributed by atoms with E-state index in [1.165, 1.54) is 19.3 Å². The van der Waals surface area contributed by atoms with Crippen LogP contribution in [-0.4, -0.2) is 37.7 Å². The van der Waals surface area contributed by atoms with Crippen molar-refractivity contribution in [2.75, 3.05) is 26.7 Å². The molecule has 0 aromatic heterocycles. The van der Waals surface area contributed by atoms with Crippen molar-refractivity contribution in [2.45, 2.75) is 37.8 Å². The highest BCUT2D eigenvalue weighted by atomic mass is 79.9. The largest absolute Gasteiger partial charge is 0.377 e. The summed E-state index contributed by atoms with van der Waals surface area (Å²) in [7, 11) is 2.13. The van der Waals surface area contributed by atoms with Crippen molar-refractivity contribution in [1.82, 2.24) is 4.90 Å². The molecule has 2 rings (SSSR count). The predicted octanol–water partition coefficient (Wildman–Crippen LogP) is 3.99. The zero-order valence-electron chi connectivity index (χ0n) is 12.5. The van der Waals surface area contributed by atoms with E-state index in [0.29, 0.717) is 6.10 Å². The summed E-state index contributed by atoms with van der Waals surface area (Å²) in [5.74, 6) is 0. The van der Waals surface area contributed by atoms with E-state index in [2.05, 4.69) is 27.9 Å². The van der Waals surface area contributed by atoms with E-state index < -0.39 is 0 Å². The van der Waals surface area contributed by atoms with Crippen LogP contribution in [-0.2, 0) is 4.74 Å². The maximum absolute atomic E-state index is 6.27. The highest BCUT2D eigenvalue weighted by molar-refractivity contribution is 9.10. The summed E-state index contributed by atoms with van der Waals surface area (Å²) < 4.78 is 6.75. The summed E-state index contributed by atoms with van der Waals surface area (Å²) in [6.07, 6.45) is 4.94. The molecule has 1 saturated heterocycles. The molecular weight excluding hydrogens is 352 g/mol. The Hall–Kier alpha value is -0.130. The second kappa shape index (κ2) is 8.49. The number of nitrogens with two attached hydrogens (primary N) is 1. The molecule has 2 atom stereocenters. The molecule has 1 aromatic rings. The molecule has 1 aliphatic heterocycles. The molecule has 0 amide bonds. The van der Waals surface area contributed by atoms with Crippen LogP contribution in [0.4, 0.5) is 0 Å². The van der Waals surface area contributed by atoms with Crippen molar-refractivity contribution in [2.24, 2.45) is 5.73 Å². The molecule has 118 valence electrons. The number of halogens is 2. The topological polar surface area (TPSA) is 38.5 Å². The smallest absolute Gasteiger partial charge is 0.0701 e. The van der Waals surface area contributed by atoms with Gasteiger partial charge in [0.15, 0.2) is 0 Å². The molecule has 5 heteroatoms. The average Bonchev–Trinajstić information content (AvgIpc) is 2.46. The zero-order valence-corrected chi connectivity index (χ0v) is 14.9. The van der Waals surface area contributed by atoms with Crippen molar-refractivity contribution in [3.8, 4) is 0 Å². The van der Waals surface area contributed by atoms with Gasteiger partial charge in [0.05, 0.1) is 6.10 Å². The highest BCUT2D eigenvalue weighted by Gasteiger charge is 2.17. The van der Waals surface area contributed by atoms with Gasteiger partial charge >= 0.3 is 0 Å². The molecule has 1 aliphatic rings. The second-order valence-electron chi connectivity index (χ2n) is 5.81. The summed E-state index contributed by atoms with van der Waals surface area (Å²) >= 11 is 9.67.